The van der Waals surface area contributed by atoms with Crippen LogP contribution in [0.4, 0.5) is 0 Å². The smallest absolute Gasteiger partial charge is 0.280 e. The predicted octanol–water partition coefficient (Wildman–Crippen LogP) is 2.00. The summed E-state index contributed by atoms with van der Waals surface area (Å²) in [6.45, 7) is 5.70. The first-order valence-corrected chi connectivity index (χ1v) is 5.54. The Kier molecular flexibility index (Phi) is 5.64. The quantitative estimate of drug-likeness (QED) is 0.439. The van der Waals surface area contributed by atoms with Crippen molar-refractivity contribution in [2.45, 2.75) is 65.3 Å². The molecular formula is C11H24O3. The Labute approximate surface area is 86.8 Å². The Morgan fingerprint density at radius 2 is 1.50 bits per heavy atom. The molecule has 1 atom stereocenters. The van der Waals surface area contributed by atoms with E-state index in [2.05, 4.69) is 6.92 Å². The van der Waals surface area contributed by atoms with Crippen LogP contribution in [0.5, 0.6) is 0 Å². The largest absolute Gasteiger partial charge is 0.343 e. The second-order valence-corrected chi connectivity index (χ2v) is 4.36. The minimum atomic E-state index is -2.55. The molecule has 0 aliphatic rings. The lowest BCUT2D eigenvalue weighted by Gasteiger charge is -2.36. The SMILES string of the molecule is CCCCCCC(C)(CC)C(O)(O)O. The van der Waals surface area contributed by atoms with Gasteiger partial charge in [0.05, 0.1) is 0 Å². The van der Waals surface area contributed by atoms with Gasteiger partial charge in [0.15, 0.2) is 0 Å². The standard InChI is InChI=1S/C11H24O3/c1-4-6-7-8-9-10(3,5-2)11(12,13)14/h12-14H,4-9H2,1-3H3. The zero-order valence-electron chi connectivity index (χ0n) is 9.58. The van der Waals surface area contributed by atoms with E-state index in [1.807, 2.05) is 6.92 Å². The van der Waals surface area contributed by atoms with Gasteiger partial charge in [0, 0.05) is 5.41 Å². The minimum absolute atomic E-state index is 0.558. The number of hydrogen-bond donors (Lipinski definition) is 3. The van der Waals surface area contributed by atoms with Crippen LogP contribution in [0.1, 0.15) is 59.3 Å². The Morgan fingerprint density at radius 1 is 0.929 bits per heavy atom. The zero-order chi connectivity index (χ0) is 11.2. The topological polar surface area (TPSA) is 60.7 Å². The van der Waals surface area contributed by atoms with Gasteiger partial charge in [0.1, 0.15) is 0 Å². The molecular weight excluding hydrogens is 180 g/mol. The van der Waals surface area contributed by atoms with Gasteiger partial charge >= 0.3 is 0 Å². The first-order valence-electron chi connectivity index (χ1n) is 5.54. The molecule has 0 heterocycles. The maximum atomic E-state index is 9.20. The molecule has 0 radical (unpaired) electrons. The lowest BCUT2D eigenvalue weighted by Crippen LogP contribution is -2.46. The van der Waals surface area contributed by atoms with E-state index in [1.165, 1.54) is 0 Å². The molecule has 0 bridgehead atoms. The predicted molar refractivity (Wildman–Crippen MR) is 56.5 cm³/mol. The molecule has 0 fully saturated rings. The number of hydrogen-bond acceptors (Lipinski definition) is 3. The number of unbranched alkanes of at least 4 members (excludes halogenated alkanes) is 3. The lowest BCUT2D eigenvalue weighted by molar-refractivity contribution is -0.373. The third-order valence-corrected chi connectivity index (χ3v) is 3.17. The van der Waals surface area contributed by atoms with E-state index >= 15 is 0 Å². The highest BCUT2D eigenvalue weighted by atomic mass is 16.7. The van der Waals surface area contributed by atoms with Crippen LogP contribution in [0.3, 0.4) is 0 Å². The summed E-state index contributed by atoms with van der Waals surface area (Å²) in [4.78, 5) is 0. The monoisotopic (exact) mass is 204 g/mol. The summed E-state index contributed by atoms with van der Waals surface area (Å²) < 4.78 is 0. The Hall–Kier alpha value is -0.120. The van der Waals surface area contributed by atoms with Crippen molar-refractivity contribution in [1.82, 2.24) is 0 Å². The first kappa shape index (κ1) is 13.9. The summed E-state index contributed by atoms with van der Waals surface area (Å²) in [6.07, 6.45) is 5.54. The zero-order valence-corrected chi connectivity index (χ0v) is 9.58. The van der Waals surface area contributed by atoms with Gasteiger partial charge in [-0.3, -0.25) is 0 Å². The minimum Gasteiger partial charge on any atom is -0.343 e. The van der Waals surface area contributed by atoms with Crippen molar-refractivity contribution in [3.63, 3.8) is 0 Å². The molecule has 0 aromatic heterocycles. The molecule has 3 N–H and O–H groups in total. The Morgan fingerprint density at radius 3 is 1.86 bits per heavy atom. The molecule has 0 amide bonds. The van der Waals surface area contributed by atoms with Crippen LogP contribution in [0.2, 0.25) is 0 Å². The van der Waals surface area contributed by atoms with E-state index in [4.69, 9.17) is 0 Å². The summed E-state index contributed by atoms with van der Waals surface area (Å²) in [7, 11) is 0. The fraction of sp³-hybridized carbons (Fsp3) is 1.00. The fourth-order valence-corrected chi connectivity index (χ4v) is 1.52. The molecule has 86 valence electrons. The average molecular weight is 204 g/mol. The molecule has 1 unspecified atom stereocenters. The van der Waals surface area contributed by atoms with Crippen LogP contribution in [0.15, 0.2) is 0 Å². The highest BCUT2D eigenvalue weighted by molar-refractivity contribution is 4.79. The first-order chi connectivity index (χ1) is 6.37. The van der Waals surface area contributed by atoms with Crippen molar-refractivity contribution in [2.75, 3.05) is 0 Å². The molecule has 14 heavy (non-hydrogen) atoms. The second-order valence-electron chi connectivity index (χ2n) is 4.36. The highest BCUT2D eigenvalue weighted by Crippen LogP contribution is 2.36. The lowest BCUT2D eigenvalue weighted by atomic mass is 9.79. The second kappa shape index (κ2) is 5.69. The van der Waals surface area contributed by atoms with E-state index in [0.29, 0.717) is 12.8 Å². The van der Waals surface area contributed by atoms with Crippen molar-refractivity contribution < 1.29 is 15.3 Å². The van der Waals surface area contributed by atoms with Crippen molar-refractivity contribution in [3.8, 4) is 0 Å². The third kappa shape index (κ3) is 3.95. The van der Waals surface area contributed by atoms with E-state index in [0.717, 1.165) is 25.7 Å². The van der Waals surface area contributed by atoms with Crippen LogP contribution in [-0.2, 0) is 0 Å². The van der Waals surface area contributed by atoms with Crippen molar-refractivity contribution in [1.29, 1.82) is 0 Å². The van der Waals surface area contributed by atoms with E-state index in [-0.39, 0.29) is 0 Å². The van der Waals surface area contributed by atoms with Gasteiger partial charge in [-0.25, -0.2) is 0 Å². The van der Waals surface area contributed by atoms with Crippen LogP contribution in [0.25, 0.3) is 0 Å². The van der Waals surface area contributed by atoms with Gasteiger partial charge in [-0.2, -0.15) is 0 Å². The highest BCUT2D eigenvalue weighted by Gasteiger charge is 2.42. The fourth-order valence-electron chi connectivity index (χ4n) is 1.52. The molecule has 0 aromatic carbocycles. The average Bonchev–Trinajstić information content (AvgIpc) is 2.10. The molecule has 0 spiro atoms. The van der Waals surface area contributed by atoms with Crippen LogP contribution in [-0.4, -0.2) is 21.3 Å². The molecule has 3 heteroatoms. The molecule has 0 aromatic rings. The maximum Gasteiger partial charge on any atom is 0.280 e. The van der Waals surface area contributed by atoms with Gasteiger partial charge in [0.25, 0.3) is 5.97 Å². The molecule has 0 saturated carbocycles. The Balaban J connectivity index is 4.01. The van der Waals surface area contributed by atoms with Crippen molar-refractivity contribution >= 4 is 0 Å². The summed E-state index contributed by atoms with van der Waals surface area (Å²) in [5.41, 5.74) is -0.805. The molecule has 0 aliphatic carbocycles. The van der Waals surface area contributed by atoms with Crippen molar-refractivity contribution in [2.24, 2.45) is 5.41 Å². The van der Waals surface area contributed by atoms with Crippen molar-refractivity contribution in [3.05, 3.63) is 0 Å². The van der Waals surface area contributed by atoms with Gasteiger partial charge < -0.3 is 15.3 Å². The van der Waals surface area contributed by atoms with Crippen LogP contribution >= 0.6 is 0 Å². The van der Waals surface area contributed by atoms with Crippen LogP contribution in [0, 0.1) is 5.41 Å². The van der Waals surface area contributed by atoms with Crippen LogP contribution < -0.4 is 0 Å². The van der Waals surface area contributed by atoms with E-state index < -0.39 is 11.4 Å². The van der Waals surface area contributed by atoms with Gasteiger partial charge in [-0.05, 0) is 12.8 Å². The number of rotatable bonds is 7. The summed E-state index contributed by atoms with van der Waals surface area (Å²) in [5, 5.41) is 27.6. The molecule has 0 rings (SSSR count). The summed E-state index contributed by atoms with van der Waals surface area (Å²) >= 11 is 0. The summed E-state index contributed by atoms with van der Waals surface area (Å²) in [6, 6.07) is 0. The maximum absolute atomic E-state index is 9.20. The molecule has 3 nitrogen and oxygen atoms in total. The molecule has 0 saturated heterocycles. The molecule has 0 aliphatic heterocycles. The number of aliphatic hydroxyl groups is 3. The normalized spacial score (nSPS) is 16.7. The van der Waals surface area contributed by atoms with Gasteiger partial charge in [0.2, 0.25) is 0 Å². The van der Waals surface area contributed by atoms with Gasteiger partial charge in [-0.15, -0.1) is 0 Å². The summed E-state index contributed by atoms with van der Waals surface area (Å²) in [5.74, 6) is -2.55. The third-order valence-electron chi connectivity index (χ3n) is 3.17. The van der Waals surface area contributed by atoms with E-state index in [1.54, 1.807) is 6.92 Å². The van der Waals surface area contributed by atoms with E-state index in [9.17, 15) is 15.3 Å². The van der Waals surface area contributed by atoms with Gasteiger partial charge in [-0.1, -0.05) is 46.5 Å². The Bertz CT molecular complexity index is 151.